The quantitative estimate of drug-likeness (QED) is 0.229. The van der Waals surface area contributed by atoms with Gasteiger partial charge in [0.25, 0.3) is 0 Å². The lowest BCUT2D eigenvalue weighted by molar-refractivity contribution is 0.129. The Morgan fingerprint density at radius 1 is 0.441 bits per heavy atom. The molecule has 1 saturated heterocycles. The minimum absolute atomic E-state index is 0.842. The van der Waals surface area contributed by atoms with E-state index in [-0.39, 0.29) is 0 Å². The zero-order valence-corrected chi connectivity index (χ0v) is 21.2. The zero-order valence-electron chi connectivity index (χ0n) is 21.2. The van der Waals surface area contributed by atoms with Crippen molar-refractivity contribution in [1.29, 1.82) is 0 Å². The van der Waals surface area contributed by atoms with E-state index in [1.807, 2.05) is 60.7 Å². The first-order valence-electron chi connectivity index (χ1n) is 13.7. The van der Waals surface area contributed by atoms with Crippen molar-refractivity contribution in [3.8, 4) is 11.5 Å². The van der Waals surface area contributed by atoms with Gasteiger partial charge in [0, 0.05) is 26.2 Å². The topological polar surface area (TPSA) is 24.9 Å². The maximum Gasteiger partial charge on any atom is 0.119 e. The van der Waals surface area contributed by atoms with Gasteiger partial charge in [0.1, 0.15) is 11.5 Å². The van der Waals surface area contributed by atoms with Gasteiger partial charge < -0.3 is 19.3 Å². The number of benzene rings is 2. The molecule has 2 aromatic carbocycles. The minimum Gasteiger partial charge on any atom is -0.494 e. The Morgan fingerprint density at radius 3 is 1.21 bits per heavy atom. The summed E-state index contributed by atoms with van der Waals surface area (Å²) >= 11 is 0. The standard InChI is InChI=1S/C30H46N2O2/c1(5-15-27-33-29-17-9-7-10-18-29)3-13-21-31-23-25-32(26-24-31)22-14-4-2-6-16-28-34-30-19-11-8-12-20-30/h7-12,17-20H,1-6,13-16,21-28H2. The normalized spacial score (nSPS) is 14.8. The average molecular weight is 467 g/mol. The Morgan fingerprint density at radius 2 is 0.794 bits per heavy atom. The molecule has 0 spiro atoms. The molecule has 34 heavy (non-hydrogen) atoms. The molecule has 0 bridgehead atoms. The molecule has 0 amide bonds. The van der Waals surface area contributed by atoms with Crippen LogP contribution in [0.3, 0.4) is 0 Å². The molecule has 1 fully saturated rings. The first-order valence-corrected chi connectivity index (χ1v) is 13.7. The van der Waals surface area contributed by atoms with Crippen molar-refractivity contribution in [2.45, 2.75) is 64.2 Å². The maximum atomic E-state index is 5.77. The molecule has 0 saturated carbocycles. The van der Waals surface area contributed by atoms with Gasteiger partial charge in [-0.3, -0.25) is 0 Å². The Labute approximate surface area is 208 Å². The average Bonchev–Trinajstić information content (AvgIpc) is 2.89. The number of rotatable bonds is 18. The minimum atomic E-state index is 0.842. The van der Waals surface area contributed by atoms with Crippen LogP contribution in [0.25, 0.3) is 0 Å². The molecule has 0 radical (unpaired) electrons. The lowest BCUT2D eigenvalue weighted by atomic mass is 10.1. The highest BCUT2D eigenvalue weighted by Gasteiger charge is 2.15. The molecule has 1 aliphatic rings. The van der Waals surface area contributed by atoms with Gasteiger partial charge in [0.2, 0.25) is 0 Å². The number of piperazine rings is 1. The molecule has 0 N–H and O–H groups in total. The smallest absolute Gasteiger partial charge is 0.119 e. The highest BCUT2D eigenvalue weighted by atomic mass is 16.5. The van der Waals surface area contributed by atoms with Crippen LogP contribution in [0.1, 0.15) is 64.2 Å². The molecule has 0 unspecified atom stereocenters. The summed E-state index contributed by atoms with van der Waals surface area (Å²) in [6.45, 7) is 9.25. The van der Waals surface area contributed by atoms with Gasteiger partial charge in [-0.2, -0.15) is 0 Å². The second-order valence-electron chi connectivity index (χ2n) is 9.54. The molecule has 1 aliphatic heterocycles. The summed E-state index contributed by atoms with van der Waals surface area (Å²) < 4.78 is 11.5. The first kappa shape index (κ1) is 26.6. The SMILES string of the molecule is c1ccc(OCCCCCCCN2CCN(CCCCCCCOc3ccccc3)CC2)cc1. The van der Waals surface area contributed by atoms with Crippen LogP contribution < -0.4 is 9.47 Å². The third kappa shape index (κ3) is 11.9. The molecule has 1 heterocycles. The number of para-hydroxylation sites is 2. The first-order chi connectivity index (χ1) is 16.9. The number of hydrogen-bond donors (Lipinski definition) is 0. The van der Waals surface area contributed by atoms with Gasteiger partial charge in [0.15, 0.2) is 0 Å². The lowest BCUT2D eigenvalue weighted by Crippen LogP contribution is -2.46. The van der Waals surface area contributed by atoms with Gasteiger partial charge in [-0.25, -0.2) is 0 Å². The summed E-state index contributed by atoms with van der Waals surface area (Å²) in [5.41, 5.74) is 0. The Bertz CT molecular complexity index is 654. The molecule has 0 aromatic heterocycles. The van der Waals surface area contributed by atoms with Crippen molar-refractivity contribution in [1.82, 2.24) is 9.80 Å². The van der Waals surface area contributed by atoms with Crippen molar-refractivity contribution in [2.24, 2.45) is 0 Å². The van der Waals surface area contributed by atoms with Crippen LogP contribution in [0.15, 0.2) is 60.7 Å². The summed E-state index contributed by atoms with van der Waals surface area (Å²) in [6, 6.07) is 20.3. The van der Waals surface area contributed by atoms with Crippen LogP contribution >= 0.6 is 0 Å². The van der Waals surface area contributed by atoms with E-state index in [0.29, 0.717) is 0 Å². The van der Waals surface area contributed by atoms with Gasteiger partial charge >= 0.3 is 0 Å². The fourth-order valence-electron chi connectivity index (χ4n) is 4.59. The Balaban J connectivity index is 1.06. The molecule has 4 heteroatoms. The van der Waals surface area contributed by atoms with Crippen LogP contribution in [-0.2, 0) is 0 Å². The number of unbranched alkanes of at least 4 members (excludes halogenated alkanes) is 8. The summed E-state index contributed by atoms with van der Waals surface area (Å²) in [4.78, 5) is 5.34. The third-order valence-electron chi connectivity index (χ3n) is 6.73. The van der Waals surface area contributed by atoms with E-state index < -0.39 is 0 Å². The van der Waals surface area contributed by atoms with Gasteiger partial charge in [-0.15, -0.1) is 0 Å². The van der Waals surface area contributed by atoms with Crippen LogP contribution in [0.2, 0.25) is 0 Å². The van der Waals surface area contributed by atoms with E-state index in [0.717, 1.165) is 37.6 Å². The van der Waals surface area contributed by atoms with E-state index in [4.69, 9.17) is 9.47 Å². The van der Waals surface area contributed by atoms with E-state index in [9.17, 15) is 0 Å². The molecular weight excluding hydrogens is 420 g/mol. The zero-order chi connectivity index (χ0) is 23.5. The van der Waals surface area contributed by atoms with Crippen LogP contribution in [0, 0.1) is 0 Å². The maximum absolute atomic E-state index is 5.77. The second kappa shape index (κ2) is 17.4. The fourth-order valence-corrected chi connectivity index (χ4v) is 4.59. The van der Waals surface area contributed by atoms with Crippen LogP contribution in [0.5, 0.6) is 11.5 Å². The molecule has 2 aromatic rings. The largest absolute Gasteiger partial charge is 0.494 e. The van der Waals surface area contributed by atoms with Crippen molar-refractivity contribution in [3.63, 3.8) is 0 Å². The van der Waals surface area contributed by atoms with E-state index >= 15 is 0 Å². The highest BCUT2D eigenvalue weighted by molar-refractivity contribution is 5.21. The van der Waals surface area contributed by atoms with E-state index in [2.05, 4.69) is 9.80 Å². The monoisotopic (exact) mass is 466 g/mol. The molecule has 3 rings (SSSR count). The summed E-state index contributed by atoms with van der Waals surface area (Å²) in [5, 5.41) is 0. The molecule has 4 nitrogen and oxygen atoms in total. The predicted octanol–water partition coefficient (Wildman–Crippen LogP) is 6.66. The second-order valence-corrected chi connectivity index (χ2v) is 9.54. The van der Waals surface area contributed by atoms with Crippen LogP contribution in [-0.4, -0.2) is 62.3 Å². The van der Waals surface area contributed by atoms with Crippen molar-refractivity contribution < 1.29 is 9.47 Å². The number of ether oxygens (including phenoxy) is 2. The Hall–Kier alpha value is -2.04. The van der Waals surface area contributed by atoms with Gasteiger partial charge in [0.05, 0.1) is 13.2 Å². The van der Waals surface area contributed by atoms with Crippen LogP contribution in [0.4, 0.5) is 0 Å². The van der Waals surface area contributed by atoms with Crippen molar-refractivity contribution in [3.05, 3.63) is 60.7 Å². The van der Waals surface area contributed by atoms with Crippen molar-refractivity contribution in [2.75, 3.05) is 52.5 Å². The van der Waals surface area contributed by atoms with Crippen molar-refractivity contribution >= 4 is 0 Å². The van der Waals surface area contributed by atoms with E-state index in [1.54, 1.807) is 0 Å². The number of hydrogen-bond acceptors (Lipinski definition) is 4. The van der Waals surface area contributed by atoms with Gasteiger partial charge in [-0.05, 0) is 63.0 Å². The summed E-state index contributed by atoms with van der Waals surface area (Å²) in [5.74, 6) is 1.98. The number of nitrogens with zero attached hydrogens (tertiary/aromatic N) is 2. The summed E-state index contributed by atoms with van der Waals surface area (Å²) in [7, 11) is 0. The summed E-state index contributed by atoms with van der Waals surface area (Å²) in [6.07, 6.45) is 12.9. The Kier molecular flexibility index (Phi) is 13.6. The molecule has 0 aliphatic carbocycles. The third-order valence-corrected chi connectivity index (χ3v) is 6.73. The predicted molar refractivity (Wildman–Crippen MR) is 143 cm³/mol. The fraction of sp³-hybridized carbons (Fsp3) is 0.600. The highest BCUT2D eigenvalue weighted by Crippen LogP contribution is 2.12. The lowest BCUT2D eigenvalue weighted by Gasteiger charge is -2.34. The van der Waals surface area contributed by atoms with Gasteiger partial charge in [-0.1, -0.05) is 74.9 Å². The van der Waals surface area contributed by atoms with E-state index in [1.165, 1.54) is 90.6 Å². The molecule has 188 valence electrons. The molecular formula is C30H46N2O2. The molecule has 0 atom stereocenters.